The van der Waals surface area contributed by atoms with E-state index in [4.69, 9.17) is 16.3 Å². The average Bonchev–Trinajstić information content (AvgIpc) is 2.52. The van der Waals surface area contributed by atoms with Gasteiger partial charge in [0.1, 0.15) is 10.6 Å². The molecule has 0 atom stereocenters. The van der Waals surface area contributed by atoms with Gasteiger partial charge in [-0.1, -0.05) is 11.6 Å². The van der Waals surface area contributed by atoms with Crippen LogP contribution in [0.1, 0.15) is 11.4 Å². The van der Waals surface area contributed by atoms with Crippen molar-refractivity contribution in [2.75, 3.05) is 26.1 Å². The molecule has 0 aliphatic heterocycles. The Kier molecular flexibility index (Phi) is 5.63. The summed E-state index contributed by atoms with van der Waals surface area (Å²) in [5, 5.41) is 0.309. The summed E-state index contributed by atoms with van der Waals surface area (Å²) in [5.41, 5.74) is 1.32. The van der Waals surface area contributed by atoms with Crippen molar-refractivity contribution in [3.8, 4) is 5.75 Å². The molecule has 0 aliphatic rings. The van der Waals surface area contributed by atoms with Gasteiger partial charge in [-0.05, 0) is 31.2 Å². The van der Waals surface area contributed by atoms with Crippen molar-refractivity contribution in [3.63, 3.8) is 0 Å². The molecular weight excluding hydrogens is 352 g/mol. The van der Waals surface area contributed by atoms with Crippen LogP contribution in [0.25, 0.3) is 0 Å². The van der Waals surface area contributed by atoms with E-state index in [1.165, 1.54) is 19.2 Å². The minimum absolute atomic E-state index is 0.0175. The van der Waals surface area contributed by atoms with Crippen LogP contribution in [-0.2, 0) is 16.6 Å². The van der Waals surface area contributed by atoms with Gasteiger partial charge in [0.05, 0.1) is 19.3 Å². The van der Waals surface area contributed by atoms with Gasteiger partial charge < -0.3 is 9.64 Å². The fourth-order valence-electron chi connectivity index (χ4n) is 2.01. The van der Waals surface area contributed by atoms with Crippen molar-refractivity contribution < 1.29 is 13.2 Å². The Morgan fingerprint density at radius 2 is 1.96 bits per heavy atom. The molecule has 2 rings (SSSR count). The number of nitrogens with one attached hydrogen (secondary N) is 1. The lowest BCUT2D eigenvalue weighted by Gasteiger charge is -2.14. The molecule has 0 saturated carbocycles. The van der Waals surface area contributed by atoms with Crippen LogP contribution < -0.4 is 14.4 Å². The van der Waals surface area contributed by atoms with Crippen molar-refractivity contribution in [2.24, 2.45) is 0 Å². The number of halogens is 1. The monoisotopic (exact) mass is 370 g/mol. The van der Waals surface area contributed by atoms with Gasteiger partial charge in [0.25, 0.3) is 0 Å². The number of rotatable bonds is 6. The van der Waals surface area contributed by atoms with Crippen LogP contribution >= 0.6 is 11.6 Å². The van der Waals surface area contributed by atoms with E-state index in [1.807, 2.05) is 21.0 Å². The number of benzene rings is 1. The van der Waals surface area contributed by atoms with Crippen molar-refractivity contribution in [2.45, 2.75) is 18.4 Å². The third-order valence-corrected chi connectivity index (χ3v) is 4.81. The Labute approximate surface area is 146 Å². The lowest BCUT2D eigenvalue weighted by molar-refractivity contribution is 0.402. The van der Waals surface area contributed by atoms with Crippen LogP contribution in [0.15, 0.2) is 29.2 Å². The molecule has 0 aliphatic carbocycles. The number of methoxy groups -OCH3 is 1. The standard InChI is InChI=1S/C15H19ClN4O3S/c1-10-7-12(19-15(18-10)20(2)3)9-17-24(21,22)14-8-11(16)5-6-13(14)23-4/h5-8,17H,9H2,1-4H3. The van der Waals surface area contributed by atoms with E-state index in [9.17, 15) is 8.42 Å². The van der Waals surface area contributed by atoms with Gasteiger partial charge in [-0.25, -0.2) is 23.1 Å². The predicted octanol–water partition coefficient (Wildman–Crippen LogP) is 1.99. The topological polar surface area (TPSA) is 84.4 Å². The van der Waals surface area contributed by atoms with E-state index >= 15 is 0 Å². The van der Waals surface area contributed by atoms with Crippen LogP contribution in [0, 0.1) is 6.92 Å². The Balaban J connectivity index is 2.27. The molecule has 24 heavy (non-hydrogen) atoms. The summed E-state index contributed by atoms with van der Waals surface area (Å²) < 4.78 is 32.7. The first-order valence-corrected chi connectivity index (χ1v) is 8.94. The van der Waals surface area contributed by atoms with E-state index < -0.39 is 10.0 Å². The smallest absolute Gasteiger partial charge is 0.244 e. The first kappa shape index (κ1) is 18.4. The minimum atomic E-state index is -3.80. The zero-order chi connectivity index (χ0) is 17.9. The van der Waals surface area contributed by atoms with Gasteiger partial charge >= 0.3 is 0 Å². The Bertz CT molecular complexity index is 841. The summed E-state index contributed by atoms with van der Waals surface area (Å²) in [6, 6.07) is 6.15. The maximum atomic E-state index is 12.5. The zero-order valence-corrected chi connectivity index (χ0v) is 15.4. The molecule has 0 radical (unpaired) electrons. The number of nitrogens with zero attached hydrogens (tertiary/aromatic N) is 3. The molecule has 7 nitrogen and oxygen atoms in total. The number of aryl methyl sites for hydroxylation is 1. The van der Waals surface area contributed by atoms with Crippen LogP contribution in [0.4, 0.5) is 5.95 Å². The Morgan fingerprint density at radius 3 is 2.58 bits per heavy atom. The second kappa shape index (κ2) is 7.33. The highest BCUT2D eigenvalue weighted by molar-refractivity contribution is 7.89. The highest BCUT2D eigenvalue weighted by Crippen LogP contribution is 2.27. The Morgan fingerprint density at radius 1 is 1.25 bits per heavy atom. The summed E-state index contributed by atoms with van der Waals surface area (Å²) in [5.74, 6) is 0.740. The number of anilines is 1. The fourth-order valence-corrected chi connectivity index (χ4v) is 3.44. The molecule has 0 fully saturated rings. The van der Waals surface area contributed by atoms with Crippen LogP contribution in [-0.4, -0.2) is 39.6 Å². The highest BCUT2D eigenvalue weighted by atomic mass is 35.5. The largest absolute Gasteiger partial charge is 0.495 e. The number of aromatic nitrogens is 2. The number of sulfonamides is 1. The predicted molar refractivity (Wildman–Crippen MR) is 93.1 cm³/mol. The van der Waals surface area contributed by atoms with Crippen LogP contribution in [0.5, 0.6) is 5.75 Å². The molecule has 1 aromatic heterocycles. The Hall–Kier alpha value is -1.90. The second-order valence-corrected chi connectivity index (χ2v) is 7.49. The molecule has 0 unspecified atom stereocenters. The molecular formula is C15H19ClN4O3S. The summed E-state index contributed by atoms with van der Waals surface area (Å²) >= 11 is 5.90. The minimum Gasteiger partial charge on any atom is -0.495 e. The summed E-state index contributed by atoms with van der Waals surface area (Å²) in [7, 11) is 1.24. The molecule has 130 valence electrons. The van der Waals surface area contributed by atoms with Gasteiger partial charge in [0.15, 0.2) is 0 Å². The maximum absolute atomic E-state index is 12.5. The van der Waals surface area contributed by atoms with Crippen molar-refractivity contribution >= 4 is 27.6 Å². The molecule has 2 aromatic rings. The number of hydrogen-bond acceptors (Lipinski definition) is 6. The molecule has 0 bridgehead atoms. The molecule has 1 aromatic carbocycles. The average molecular weight is 371 g/mol. The van der Waals surface area contributed by atoms with Gasteiger partial charge in [-0.15, -0.1) is 0 Å². The lowest BCUT2D eigenvalue weighted by Crippen LogP contribution is -2.25. The lowest BCUT2D eigenvalue weighted by atomic mass is 10.3. The second-order valence-electron chi connectivity index (χ2n) is 5.31. The zero-order valence-electron chi connectivity index (χ0n) is 13.9. The third kappa shape index (κ3) is 4.34. The normalized spacial score (nSPS) is 11.4. The molecule has 9 heteroatoms. The van der Waals surface area contributed by atoms with E-state index in [-0.39, 0.29) is 17.2 Å². The van der Waals surface area contributed by atoms with Gasteiger partial charge in [0, 0.05) is 24.8 Å². The van der Waals surface area contributed by atoms with Crippen molar-refractivity contribution in [1.82, 2.24) is 14.7 Å². The highest BCUT2D eigenvalue weighted by Gasteiger charge is 2.20. The first-order chi connectivity index (χ1) is 11.2. The fraction of sp³-hybridized carbons (Fsp3) is 0.333. The van der Waals surface area contributed by atoms with E-state index in [0.29, 0.717) is 16.7 Å². The molecule has 0 amide bonds. The van der Waals surface area contributed by atoms with Gasteiger partial charge in [-0.2, -0.15) is 0 Å². The molecule has 1 N–H and O–H groups in total. The first-order valence-electron chi connectivity index (χ1n) is 7.08. The van der Waals surface area contributed by atoms with Gasteiger partial charge in [0.2, 0.25) is 16.0 Å². The molecule has 0 spiro atoms. The SMILES string of the molecule is COc1ccc(Cl)cc1S(=O)(=O)NCc1cc(C)nc(N(C)C)n1. The van der Waals surface area contributed by atoms with E-state index in [0.717, 1.165) is 5.69 Å². The summed E-state index contributed by atoms with van der Waals surface area (Å²) in [6.07, 6.45) is 0. The van der Waals surface area contributed by atoms with E-state index in [1.54, 1.807) is 17.0 Å². The third-order valence-electron chi connectivity index (χ3n) is 3.15. The molecule has 0 saturated heterocycles. The van der Waals surface area contributed by atoms with Crippen LogP contribution in [0.2, 0.25) is 5.02 Å². The number of ether oxygens (including phenoxy) is 1. The van der Waals surface area contributed by atoms with Gasteiger partial charge in [-0.3, -0.25) is 0 Å². The maximum Gasteiger partial charge on any atom is 0.244 e. The number of hydrogen-bond donors (Lipinski definition) is 1. The van der Waals surface area contributed by atoms with Crippen molar-refractivity contribution in [1.29, 1.82) is 0 Å². The van der Waals surface area contributed by atoms with E-state index in [2.05, 4.69) is 14.7 Å². The quantitative estimate of drug-likeness (QED) is 0.837. The summed E-state index contributed by atoms with van der Waals surface area (Å²) in [4.78, 5) is 10.3. The van der Waals surface area contributed by atoms with Crippen molar-refractivity contribution in [3.05, 3.63) is 40.7 Å². The summed E-state index contributed by atoms with van der Waals surface area (Å²) in [6.45, 7) is 1.86. The molecule has 1 heterocycles. The van der Waals surface area contributed by atoms with Crippen LogP contribution in [0.3, 0.4) is 0 Å².